The summed E-state index contributed by atoms with van der Waals surface area (Å²) >= 11 is 12.5. The Morgan fingerprint density at radius 3 is 2.33 bits per heavy atom. The zero-order chi connectivity index (χ0) is 23.0. The van der Waals surface area contributed by atoms with Crippen LogP contribution in [0.25, 0.3) is 0 Å². The second kappa shape index (κ2) is 12.1. The second-order valence-corrected chi connectivity index (χ2v) is 10.1. The maximum atomic E-state index is 12.6. The van der Waals surface area contributed by atoms with Crippen LogP contribution >= 0.6 is 23.2 Å². The van der Waals surface area contributed by atoms with Gasteiger partial charge < -0.3 is 10.2 Å². The summed E-state index contributed by atoms with van der Waals surface area (Å²) in [4.78, 5) is 17.4. The van der Waals surface area contributed by atoms with Crippen molar-refractivity contribution in [1.82, 2.24) is 10.2 Å². The Morgan fingerprint density at radius 1 is 0.879 bits per heavy atom. The molecule has 0 aromatic heterocycles. The topological polar surface area (TPSA) is 35.6 Å². The number of hydrogen-bond acceptors (Lipinski definition) is 3. The number of anilines is 1. The van der Waals surface area contributed by atoms with Crippen molar-refractivity contribution in [1.29, 1.82) is 0 Å². The number of nitrogens with one attached hydrogen (secondary N) is 1. The van der Waals surface area contributed by atoms with E-state index in [1.165, 1.54) is 5.56 Å². The van der Waals surface area contributed by atoms with Gasteiger partial charge in [-0.15, -0.1) is 0 Å². The summed E-state index contributed by atoms with van der Waals surface area (Å²) in [5.41, 5.74) is 2.46. The van der Waals surface area contributed by atoms with Crippen LogP contribution in [0.3, 0.4) is 0 Å². The van der Waals surface area contributed by atoms with E-state index in [0.29, 0.717) is 16.0 Å². The quantitative estimate of drug-likeness (QED) is 0.464. The third kappa shape index (κ3) is 6.65. The highest BCUT2D eigenvalue weighted by Crippen LogP contribution is 2.36. The van der Waals surface area contributed by atoms with E-state index in [0.717, 1.165) is 83.5 Å². The van der Waals surface area contributed by atoms with Crippen molar-refractivity contribution >= 4 is 34.8 Å². The Hall–Kier alpha value is -1.75. The lowest BCUT2D eigenvalue weighted by molar-refractivity contribution is -0.126. The number of amides is 1. The summed E-state index contributed by atoms with van der Waals surface area (Å²) < 4.78 is 0. The van der Waals surface area contributed by atoms with Crippen LogP contribution in [0.5, 0.6) is 0 Å². The molecule has 0 unspecified atom stereocenters. The van der Waals surface area contributed by atoms with Crippen LogP contribution in [-0.2, 0) is 4.79 Å². The SMILES string of the molecule is O=C(NCCCCN1CCN(c2cccc(Cl)c2Cl)CC1)C1CCC(c2ccccc2)CC1. The summed E-state index contributed by atoms with van der Waals surface area (Å²) in [5, 5.41) is 4.46. The number of carbonyl (C=O) groups is 1. The van der Waals surface area contributed by atoms with Gasteiger partial charge in [-0.1, -0.05) is 59.6 Å². The molecule has 1 aliphatic heterocycles. The maximum absolute atomic E-state index is 12.6. The predicted molar refractivity (Wildman–Crippen MR) is 138 cm³/mol. The van der Waals surface area contributed by atoms with Crippen LogP contribution in [0.2, 0.25) is 10.0 Å². The third-order valence-corrected chi connectivity index (χ3v) is 8.02. The fraction of sp³-hybridized carbons (Fsp3) is 0.519. The average molecular weight is 489 g/mol. The highest BCUT2D eigenvalue weighted by atomic mass is 35.5. The minimum absolute atomic E-state index is 0.191. The average Bonchev–Trinajstić information content (AvgIpc) is 2.86. The first kappa shape index (κ1) is 24.4. The predicted octanol–water partition coefficient (Wildman–Crippen LogP) is 5.99. The van der Waals surface area contributed by atoms with Gasteiger partial charge in [-0.2, -0.15) is 0 Å². The van der Waals surface area contributed by atoms with E-state index in [1.54, 1.807) is 0 Å². The van der Waals surface area contributed by atoms with E-state index >= 15 is 0 Å². The van der Waals surface area contributed by atoms with Crippen LogP contribution in [0.4, 0.5) is 5.69 Å². The van der Waals surface area contributed by atoms with Crippen molar-refractivity contribution in [3.63, 3.8) is 0 Å². The monoisotopic (exact) mass is 487 g/mol. The molecule has 1 amide bonds. The van der Waals surface area contributed by atoms with Gasteiger partial charge in [0, 0.05) is 38.6 Å². The van der Waals surface area contributed by atoms with E-state index in [2.05, 4.69) is 45.4 Å². The first-order valence-corrected chi connectivity index (χ1v) is 13.1. The summed E-state index contributed by atoms with van der Waals surface area (Å²) in [6.45, 7) is 5.84. The van der Waals surface area contributed by atoms with Gasteiger partial charge >= 0.3 is 0 Å². The molecular formula is C27H35Cl2N3O. The number of hydrogen-bond donors (Lipinski definition) is 1. The van der Waals surface area contributed by atoms with Crippen LogP contribution in [0.1, 0.15) is 50.0 Å². The fourth-order valence-electron chi connectivity index (χ4n) is 5.18. The molecule has 2 aromatic rings. The number of nitrogens with zero attached hydrogens (tertiary/aromatic N) is 2. The Balaban J connectivity index is 1.08. The molecule has 178 valence electrons. The minimum atomic E-state index is 0.191. The minimum Gasteiger partial charge on any atom is -0.368 e. The van der Waals surface area contributed by atoms with E-state index in [4.69, 9.17) is 23.2 Å². The molecule has 2 fully saturated rings. The van der Waals surface area contributed by atoms with E-state index < -0.39 is 0 Å². The Kier molecular flexibility index (Phi) is 8.94. The number of piperazine rings is 1. The third-order valence-electron chi connectivity index (χ3n) is 7.21. The molecule has 1 saturated carbocycles. The Bertz CT molecular complexity index is 891. The summed E-state index contributed by atoms with van der Waals surface area (Å²) in [6, 6.07) is 16.6. The van der Waals surface area contributed by atoms with Gasteiger partial charge in [0.05, 0.1) is 15.7 Å². The zero-order valence-electron chi connectivity index (χ0n) is 19.3. The molecular weight excluding hydrogens is 453 g/mol. The molecule has 1 heterocycles. The van der Waals surface area contributed by atoms with Gasteiger partial charge in [-0.05, 0) is 68.7 Å². The van der Waals surface area contributed by atoms with Crippen molar-refractivity contribution in [3.05, 3.63) is 64.1 Å². The molecule has 0 atom stereocenters. The van der Waals surface area contributed by atoms with Gasteiger partial charge in [0.1, 0.15) is 0 Å². The van der Waals surface area contributed by atoms with Gasteiger partial charge in [0.15, 0.2) is 0 Å². The lowest BCUT2D eigenvalue weighted by Crippen LogP contribution is -2.46. The smallest absolute Gasteiger partial charge is 0.223 e. The Labute approximate surface area is 208 Å². The molecule has 1 saturated heterocycles. The fourth-order valence-corrected chi connectivity index (χ4v) is 5.59. The van der Waals surface area contributed by atoms with Gasteiger partial charge in [0.2, 0.25) is 5.91 Å². The van der Waals surface area contributed by atoms with E-state index in [1.807, 2.05) is 18.2 Å². The highest BCUT2D eigenvalue weighted by molar-refractivity contribution is 6.43. The van der Waals surface area contributed by atoms with Crippen LogP contribution in [-0.4, -0.2) is 50.1 Å². The summed E-state index contributed by atoms with van der Waals surface area (Å²) in [7, 11) is 0. The molecule has 0 spiro atoms. The number of benzene rings is 2. The molecule has 0 radical (unpaired) electrons. The van der Waals surface area contributed by atoms with Crippen molar-refractivity contribution in [2.24, 2.45) is 5.92 Å². The van der Waals surface area contributed by atoms with Gasteiger partial charge in [-0.3, -0.25) is 9.69 Å². The largest absolute Gasteiger partial charge is 0.368 e. The van der Waals surface area contributed by atoms with Crippen LogP contribution in [0.15, 0.2) is 48.5 Å². The molecule has 4 nitrogen and oxygen atoms in total. The van der Waals surface area contributed by atoms with Gasteiger partial charge in [-0.25, -0.2) is 0 Å². The highest BCUT2D eigenvalue weighted by Gasteiger charge is 2.26. The Morgan fingerprint density at radius 2 is 1.61 bits per heavy atom. The number of rotatable bonds is 8. The lowest BCUT2D eigenvalue weighted by Gasteiger charge is -2.36. The van der Waals surface area contributed by atoms with Crippen molar-refractivity contribution in [2.45, 2.75) is 44.4 Å². The molecule has 2 aromatic carbocycles. The van der Waals surface area contributed by atoms with Crippen molar-refractivity contribution in [3.8, 4) is 0 Å². The molecule has 1 N–H and O–H groups in total. The second-order valence-electron chi connectivity index (χ2n) is 9.36. The van der Waals surface area contributed by atoms with E-state index in [9.17, 15) is 4.79 Å². The first-order chi connectivity index (χ1) is 16.1. The number of halogens is 2. The molecule has 33 heavy (non-hydrogen) atoms. The normalized spacial score (nSPS) is 21.7. The molecule has 1 aliphatic carbocycles. The van der Waals surface area contributed by atoms with Crippen molar-refractivity contribution in [2.75, 3.05) is 44.2 Å². The summed E-state index contributed by atoms with van der Waals surface area (Å²) in [5.74, 6) is 1.07. The van der Waals surface area contributed by atoms with Crippen molar-refractivity contribution < 1.29 is 4.79 Å². The maximum Gasteiger partial charge on any atom is 0.223 e. The number of unbranched alkanes of at least 4 members (excludes halogenated alkanes) is 1. The lowest BCUT2D eigenvalue weighted by atomic mass is 9.78. The molecule has 4 rings (SSSR count). The molecule has 6 heteroatoms. The molecule has 0 bridgehead atoms. The zero-order valence-corrected chi connectivity index (χ0v) is 20.8. The van der Waals surface area contributed by atoms with Crippen LogP contribution in [0, 0.1) is 5.92 Å². The molecule has 2 aliphatic rings. The van der Waals surface area contributed by atoms with E-state index in [-0.39, 0.29) is 11.8 Å². The van der Waals surface area contributed by atoms with Crippen LogP contribution < -0.4 is 10.2 Å². The number of carbonyl (C=O) groups excluding carboxylic acids is 1. The summed E-state index contributed by atoms with van der Waals surface area (Å²) in [6.07, 6.45) is 6.39. The van der Waals surface area contributed by atoms with Gasteiger partial charge in [0.25, 0.3) is 0 Å². The standard InChI is InChI=1S/C27H35Cl2N3O/c28-24-9-6-10-25(26(24)29)32-19-17-31(18-20-32)16-5-4-15-30-27(33)23-13-11-22(12-14-23)21-7-2-1-3-8-21/h1-3,6-10,22-23H,4-5,11-20H2,(H,30,33). The first-order valence-electron chi connectivity index (χ1n) is 12.4.